The summed E-state index contributed by atoms with van der Waals surface area (Å²) in [6, 6.07) is 5.89. The van der Waals surface area contributed by atoms with Gasteiger partial charge in [-0.1, -0.05) is 6.07 Å². The van der Waals surface area contributed by atoms with E-state index in [1.54, 1.807) is 0 Å². The standard InChI is InChI=1S/C23H32N2O6/c1-3-28-23-17(5-4-12-26)18(16-6-7-19-20(13-16)30-15-29-19)14-21(31-23)22(27)25-10-8-24(2)9-11-25/h6-7,13-14,17-18,23,26H,3-5,8-12,15H2,1-2H3/t17-,18+,23+/m1/s1. The highest BCUT2D eigenvalue weighted by molar-refractivity contribution is 5.92. The highest BCUT2D eigenvalue weighted by Gasteiger charge is 2.39. The number of piperazine rings is 1. The van der Waals surface area contributed by atoms with Gasteiger partial charge in [-0.2, -0.15) is 0 Å². The number of allylic oxidation sites excluding steroid dienone is 1. The van der Waals surface area contributed by atoms with Crippen LogP contribution in [0.5, 0.6) is 11.5 Å². The van der Waals surface area contributed by atoms with Gasteiger partial charge in [0.2, 0.25) is 13.1 Å². The summed E-state index contributed by atoms with van der Waals surface area (Å²) in [7, 11) is 2.06. The van der Waals surface area contributed by atoms with Crippen LogP contribution in [-0.4, -0.2) is 80.3 Å². The normalized spacial score (nSPS) is 25.8. The maximum Gasteiger partial charge on any atom is 0.288 e. The summed E-state index contributed by atoms with van der Waals surface area (Å²) < 4.78 is 23.1. The fourth-order valence-electron chi connectivity index (χ4n) is 4.42. The number of hydrogen-bond donors (Lipinski definition) is 1. The Hall–Kier alpha value is -2.29. The van der Waals surface area contributed by atoms with E-state index in [1.807, 2.05) is 36.1 Å². The molecule has 170 valence electrons. The lowest BCUT2D eigenvalue weighted by Crippen LogP contribution is -2.49. The quantitative estimate of drug-likeness (QED) is 0.705. The summed E-state index contributed by atoms with van der Waals surface area (Å²) in [5, 5.41) is 9.43. The molecular formula is C23H32N2O6. The van der Waals surface area contributed by atoms with Crippen molar-refractivity contribution in [1.29, 1.82) is 0 Å². The summed E-state index contributed by atoms with van der Waals surface area (Å²) in [5.74, 6) is 1.55. The van der Waals surface area contributed by atoms with Crippen molar-refractivity contribution in [3.8, 4) is 11.5 Å². The number of fused-ring (bicyclic) bond motifs is 1. The van der Waals surface area contributed by atoms with Crippen LogP contribution in [0.4, 0.5) is 0 Å². The van der Waals surface area contributed by atoms with Gasteiger partial charge in [-0.25, -0.2) is 0 Å². The molecule has 8 nitrogen and oxygen atoms in total. The third-order valence-electron chi connectivity index (χ3n) is 6.19. The predicted octanol–water partition coefficient (Wildman–Crippen LogP) is 1.94. The van der Waals surface area contributed by atoms with Crippen molar-refractivity contribution in [2.75, 3.05) is 53.2 Å². The van der Waals surface area contributed by atoms with Crippen molar-refractivity contribution < 1.29 is 28.8 Å². The molecule has 0 bridgehead atoms. The van der Waals surface area contributed by atoms with E-state index in [0.29, 0.717) is 44.0 Å². The van der Waals surface area contributed by atoms with Crippen LogP contribution in [0.25, 0.3) is 0 Å². The largest absolute Gasteiger partial charge is 0.459 e. The van der Waals surface area contributed by atoms with Crippen molar-refractivity contribution in [1.82, 2.24) is 9.80 Å². The van der Waals surface area contributed by atoms with E-state index in [1.165, 1.54) is 0 Å². The number of hydrogen-bond acceptors (Lipinski definition) is 7. The van der Waals surface area contributed by atoms with Crippen molar-refractivity contribution >= 4 is 5.91 Å². The Balaban J connectivity index is 1.65. The second kappa shape index (κ2) is 9.89. The first-order valence-corrected chi connectivity index (χ1v) is 11.1. The van der Waals surface area contributed by atoms with Crippen LogP contribution in [0.2, 0.25) is 0 Å². The van der Waals surface area contributed by atoms with E-state index in [-0.39, 0.29) is 31.1 Å². The third kappa shape index (κ3) is 4.81. The molecular weight excluding hydrogens is 400 g/mol. The number of carbonyl (C=O) groups excluding carboxylic acids is 1. The average Bonchev–Trinajstić information content (AvgIpc) is 3.26. The molecule has 0 aromatic heterocycles. The van der Waals surface area contributed by atoms with Gasteiger partial charge in [0.25, 0.3) is 5.91 Å². The lowest BCUT2D eigenvalue weighted by molar-refractivity contribution is -0.170. The molecule has 8 heteroatoms. The molecule has 1 N–H and O–H groups in total. The molecule has 0 saturated carbocycles. The first kappa shape index (κ1) is 21.9. The van der Waals surface area contributed by atoms with Crippen LogP contribution in [0.3, 0.4) is 0 Å². The molecule has 0 aliphatic carbocycles. The number of carbonyl (C=O) groups is 1. The van der Waals surface area contributed by atoms with Gasteiger partial charge in [0.15, 0.2) is 17.3 Å². The number of aliphatic hydroxyl groups excluding tert-OH is 1. The van der Waals surface area contributed by atoms with E-state index >= 15 is 0 Å². The molecule has 1 amide bonds. The summed E-state index contributed by atoms with van der Waals surface area (Å²) in [6.07, 6.45) is 2.72. The Kier molecular flexibility index (Phi) is 6.99. The van der Waals surface area contributed by atoms with Gasteiger partial charge in [0.05, 0.1) is 0 Å². The second-order valence-electron chi connectivity index (χ2n) is 8.24. The van der Waals surface area contributed by atoms with E-state index in [4.69, 9.17) is 18.9 Å². The number of nitrogens with zero attached hydrogens (tertiary/aromatic N) is 2. The van der Waals surface area contributed by atoms with E-state index in [9.17, 15) is 9.90 Å². The topological polar surface area (TPSA) is 80.7 Å². The fraction of sp³-hybridized carbons (Fsp3) is 0.609. The molecule has 31 heavy (non-hydrogen) atoms. The highest BCUT2D eigenvalue weighted by Crippen LogP contribution is 2.43. The minimum atomic E-state index is -0.552. The molecule has 1 aromatic carbocycles. The maximum atomic E-state index is 13.3. The van der Waals surface area contributed by atoms with Crippen LogP contribution in [0.1, 0.15) is 31.2 Å². The van der Waals surface area contributed by atoms with Crippen LogP contribution in [-0.2, 0) is 14.3 Å². The van der Waals surface area contributed by atoms with Crippen molar-refractivity contribution in [3.63, 3.8) is 0 Å². The van der Waals surface area contributed by atoms with E-state index in [0.717, 1.165) is 24.4 Å². The van der Waals surface area contributed by atoms with Gasteiger partial charge in [-0.3, -0.25) is 4.79 Å². The molecule has 0 radical (unpaired) electrons. The van der Waals surface area contributed by atoms with Crippen LogP contribution >= 0.6 is 0 Å². The third-order valence-corrected chi connectivity index (χ3v) is 6.19. The van der Waals surface area contributed by atoms with Crippen molar-refractivity contribution in [2.24, 2.45) is 5.92 Å². The molecule has 0 spiro atoms. The Morgan fingerprint density at radius 3 is 2.71 bits per heavy atom. The number of rotatable bonds is 7. The fourth-order valence-corrected chi connectivity index (χ4v) is 4.42. The van der Waals surface area contributed by atoms with Gasteiger partial charge in [-0.05, 0) is 50.6 Å². The first-order valence-electron chi connectivity index (χ1n) is 11.1. The van der Waals surface area contributed by atoms with Gasteiger partial charge in [-0.15, -0.1) is 0 Å². The monoisotopic (exact) mass is 432 g/mol. The smallest absolute Gasteiger partial charge is 0.288 e. The summed E-state index contributed by atoms with van der Waals surface area (Å²) in [4.78, 5) is 17.3. The SMILES string of the molecule is CCO[C@H]1OC(C(=O)N2CCN(C)CC2)=C[C@@H](c2ccc3c(c2)OCO3)[C@H]1CCCO. The Labute approximate surface area is 183 Å². The molecule has 1 fully saturated rings. The number of benzene rings is 1. The molecule has 0 unspecified atom stereocenters. The van der Waals surface area contributed by atoms with Gasteiger partial charge in [0, 0.05) is 51.2 Å². The molecule has 3 aliphatic heterocycles. The Morgan fingerprint density at radius 1 is 1.19 bits per heavy atom. The average molecular weight is 433 g/mol. The van der Waals surface area contributed by atoms with E-state index in [2.05, 4.69) is 11.9 Å². The zero-order chi connectivity index (χ0) is 21.8. The minimum Gasteiger partial charge on any atom is -0.459 e. The lowest BCUT2D eigenvalue weighted by Gasteiger charge is -2.39. The molecule has 3 aliphatic rings. The number of ether oxygens (including phenoxy) is 4. The minimum absolute atomic E-state index is 0.0310. The molecule has 3 atom stereocenters. The number of amides is 1. The molecule has 4 rings (SSSR count). The van der Waals surface area contributed by atoms with Crippen molar-refractivity contribution in [3.05, 3.63) is 35.6 Å². The molecule has 1 saturated heterocycles. The van der Waals surface area contributed by atoms with Gasteiger partial charge in [0.1, 0.15) is 0 Å². The van der Waals surface area contributed by atoms with Crippen molar-refractivity contribution in [2.45, 2.75) is 32.0 Å². The second-order valence-corrected chi connectivity index (χ2v) is 8.24. The molecule has 3 heterocycles. The summed E-state index contributed by atoms with van der Waals surface area (Å²) in [5.41, 5.74) is 1.02. The summed E-state index contributed by atoms with van der Waals surface area (Å²) in [6.45, 7) is 5.75. The first-order chi connectivity index (χ1) is 15.1. The maximum absolute atomic E-state index is 13.3. The Morgan fingerprint density at radius 2 is 1.97 bits per heavy atom. The Bertz CT molecular complexity index is 805. The summed E-state index contributed by atoms with van der Waals surface area (Å²) >= 11 is 0. The zero-order valence-corrected chi connectivity index (χ0v) is 18.3. The van der Waals surface area contributed by atoms with Crippen LogP contribution in [0, 0.1) is 5.92 Å². The number of aliphatic hydroxyl groups is 1. The highest BCUT2D eigenvalue weighted by atomic mass is 16.7. The van der Waals surface area contributed by atoms with Crippen LogP contribution in [0.15, 0.2) is 30.0 Å². The van der Waals surface area contributed by atoms with E-state index < -0.39 is 6.29 Å². The van der Waals surface area contributed by atoms with Gasteiger partial charge < -0.3 is 33.9 Å². The molecule has 1 aromatic rings. The van der Waals surface area contributed by atoms with Gasteiger partial charge >= 0.3 is 0 Å². The zero-order valence-electron chi connectivity index (χ0n) is 18.3. The lowest BCUT2D eigenvalue weighted by atomic mass is 9.80. The van der Waals surface area contributed by atoms with Crippen LogP contribution < -0.4 is 9.47 Å². The number of likely N-dealkylation sites (N-methyl/N-ethyl adjacent to an activating group) is 1. The predicted molar refractivity (Wildman–Crippen MR) is 114 cm³/mol.